The largest absolute Gasteiger partial charge is 0.371 e. The van der Waals surface area contributed by atoms with Crippen LogP contribution in [0.1, 0.15) is 12.1 Å². The second kappa shape index (κ2) is 5.69. The molecule has 0 aliphatic carbocycles. The molecule has 1 aromatic carbocycles. The highest BCUT2D eigenvalue weighted by atomic mass is 15.2. The zero-order valence-corrected chi connectivity index (χ0v) is 12.8. The van der Waals surface area contributed by atoms with Crippen molar-refractivity contribution >= 4 is 22.6 Å². The molecule has 3 rings (SSSR count). The Balaban J connectivity index is 1.96. The molecule has 0 aliphatic rings. The number of fused-ring (bicyclic) bond motifs is 3. The number of hydrogen-bond acceptors (Lipinski definition) is 4. The fourth-order valence-corrected chi connectivity index (χ4v) is 2.52. The number of para-hydroxylation sites is 2. The van der Waals surface area contributed by atoms with Crippen molar-refractivity contribution < 1.29 is 0 Å². The van der Waals surface area contributed by atoms with Crippen molar-refractivity contribution in [1.82, 2.24) is 19.3 Å². The third-order valence-electron chi connectivity index (χ3n) is 3.49. The maximum Gasteiger partial charge on any atom is 0.236 e. The maximum atomic E-state index is 4.60. The molecule has 0 atom stereocenters. The van der Waals surface area contributed by atoms with Gasteiger partial charge in [0.15, 0.2) is 0 Å². The van der Waals surface area contributed by atoms with Gasteiger partial charge in [-0.1, -0.05) is 12.1 Å². The minimum Gasteiger partial charge on any atom is -0.371 e. The van der Waals surface area contributed by atoms with Crippen molar-refractivity contribution in [3.8, 4) is 0 Å². The molecule has 0 saturated carbocycles. The lowest BCUT2D eigenvalue weighted by atomic mass is 10.3. The summed E-state index contributed by atoms with van der Waals surface area (Å²) in [5, 5.41) is 3.52. The van der Waals surface area contributed by atoms with Gasteiger partial charge in [-0.2, -0.15) is 0 Å². The molecule has 1 N–H and O–H groups in total. The lowest BCUT2D eigenvalue weighted by molar-refractivity contribution is 0.405. The summed E-state index contributed by atoms with van der Waals surface area (Å²) >= 11 is 0. The number of anilines is 1. The zero-order chi connectivity index (χ0) is 14.8. The molecule has 0 fully saturated rings. The van der Waals surface area contributed by atoms with Crippen LogP contribution < -0.4 is 5.32 Å². The first-order chi connectivity index (χ1) is 10.1. The lowest BCUT2D eigenvalue weighted by Gasteiger charge is -2.12. The number of imidazole rings is 1. The van der Waals surface area contributed by atoms with Crippen LogP contribution in [0.2, 0.25) is 0 Å². The molecule has 0 unspecified atom stereocenters. The summed E-state index contributed by atoms with van der Waals surface area (Å²) in [5.41, 5.74) is 3.05. The van der Waals surface area contributed by atoms with Gasteiger partial charge in [-0.25, -0.2) is 9.97 Å². The predicted octanol–water partition coefficient (Wildman–Crippen LogP) is 2.55. The molecule has 0 radical (unpaired) electrons. The van der Waals surface area contributed by atoms with Crippen LogP contribution in [0, 0.1) is 6.92 Å². The molecule has 0 amide bonds. The number of aryl methyl sites for hydroxylation is 1. The fourth-order valence-electron chi connectivity index (χ4n) is 2.52. The van der Waals surface area contributed by atoms with E-state index in [1.54, 1.807) is 0 Å². The van der Waals surface area contributed by atoms with Gasteiger partial charge in [0.1, 0.15) is 5.82 Å². The minimum atomic E-state index is 0.756. The van der Waals surface area contributed by atoms with Gasteiger partial charge in [-0.15, -0.1) is 0 Å². The Bertz CT molecular complexity index is 760. The zero-order valence-electron chi connectivity index (χ0n) is 12.8. The Morgan fingerprint density at radius 2 is 2.00 bits per heavy atom. The summed E-state index contributed by atoms with van der Waals surface area (Å²) in [6.07, 6.45) is 1.10. The van der Waals surface area contributed by atoms with E-state index in [0.717, 1.165) is 47.8 Å². The molecular weight excluding hydrogens is 262 g/mol. The van der Waals surface area contributed by atoms with Crippen LogP contribution >= 0.6 is 0 Å². The van der Waals surface area contributed by atoms with Crippen molar-refractivity contribution in [3.05, 3.63) is 36.0 Å². The average Bonchev–Trinajstić information content (AvgIpc) is 2.81. The predicted molar refractivity (Wildman–Crippen MR) is 86.9 cm³/mol. The Morgan fingerprint density at radius 3 is 2.81 bits per heavy atom. The lowest BCUT2D eigenvalue weighted by Crippen LogP contribution is -2.17. The third-order valence-corrected chi connectivity index (χ3v) is 3.49. The molecule has 0 bridgehead atoms. The van der Waals surface area contributed by atoms with Gasteiger partial charge in [0.2, 0.25) is 5.78 Å². The van der Waals surface area contributed by atoms with Gasteiger partial charge in [-0.05, 0) is 46.1 Å². The highest BCUT2D eigenvalue weighted by Crippen LogP contribution is 2.21. The molecule has 0 aliphatic heterocycles. The summed E-state index contributed by atoms with van der Waals surface area (Å²) in [7, 11) is 4.19. The van der Waals surface area contributed by atoms with E-state index in [4.69, 9.17) is 0 Å². The summed E-state index contributed by atoms with van der Waals surface area (Å²) in [5.74, 6) is 1.82. The summed E-state index contributed by atoms with van der Waals surface area (Å²) in [6, 6.07) is 10.2. The van der Waals surface area contributed by atoms with E-state index in [9.17, 15) is 0 Å². The van der Waals surface area contributed by atoms with Gasteiger partial charge in [0.05, 0.1) is 11.0 Å². The Morgan fingerprint density at radius 1 is 1.19 bits per heavy atom. The molecule has 3 aromatic rings. The van der Waals surface area contributed by atoms with Gasteiger partial charge in [0, 0.05) is 18.3 Å². The average molecular weight is 283 g/mol. The summed E-state index contributed by atoms with van der Waals surface area (Å²) in [6.45, 7) is 4.01. The minimum absolute atomic E-state index is 0.756. The van der Waals surface area contributed by atoms with E-state index in [0.29, 0.717) is 0 Å². The van der Waals surface area contributed by atoms with Gasteiger partial charge in [-0.3, -0.25) is 4.40 Å². The maximum absolute atomic E-state index is 4.60. The smallest absolute Gasteiger partial charge is 0.236 e. The first-order valence-electron chi connectivity index (χ1n) is 7.28. The van der Waals surface area contributed by atoms with E-state index in [1.165, 1.54) is 0 Å². The number of aromatic nitrogens is 3. The molecule has 110 valence electrons. The van der Waals surface area contributed by atoms with Crippen LogP contribution in [0.5, 0.6) is 0 Å². The number of hydrogen-bond donors (Lipinski definition) is 1. The van der Waals surface area contributed by atoms with Crippen LogP contribution in [0.3, 0.4) is 0 Å². The summed E-state index contributed by atoms with van der Waals surface area (Å²) < 4.78 is 2.10. The van der Waals surface area contributed by atoms with E-state index in [-0.39, 0.29) is 0 Å². The van der Waals surface area contributed by atoms with Gasteiger partial charge in [0.25, 0.3) is 0 Å². The normalized spacial score (nSPS) is 11.6. The van der Waals surface area contributed by atoms with Crippen molar-refractivity contribution in [2.75, 3.05) is 32.5 Å². The second-order valence-corrected chi connectivity index (χ2v) is 5.60. The van der Waals surface area contributed by atoms with Crippen molar-refractivity contribution in [2.24, 2.45) is 0 Å². The monoisotopic (exact) mass is 283 g/mol. The Hall–Kier alpha value is -2.14. The molecule has 0 saturated heterocycles. The van der Waals surface area contributed by atoms with Crippen LogP contribution in [0.4, 0.5) is 5.82 Å². The molecule has 5 nitrogen and oxygen atoms in total. The van der Waals surface area contributed by atoms with Gasteiger partial charge >= 0.3 is 0 Å². The number of nitrogens with zero attached hydrogens (tertiary/aromatic N) is 4. The first kappa shape index (κ1) is 13.8. The van der Waals surface area contributed by atoms with Crippen LogP contribution in [0.25, 0.3) is 16.8 Å². The standard InChI is InChI=1S/C16H21N5/c1-12-11-15(17-9-6-10-20(2)3)21-14-8-5-4-7-13(14)19-16(21)18-12/h4-5,7-8,11,17H,6,9-10H2,1-3H3. The third kappa shape index (κ3) is 2.83. The first-order valence-corrected chi connectivity index (χ1v) is 7.28. The molecule has 2 heterocycles. The molecule has 0 spiro atoms. The van der Waals surface area contributed by atoms with E-state index in [2.05, 4.69) is 50.8 Å². The van der Waals surface area contributed by atoms with Crippen molar-refractivity contribution in [2.45, 2.75) is 13.3 Å². The van der Waals surface area contributed by atoms with Crippen LogP contribution in [-0.4, -0.2) is 46.5 Å². The Labute approximate surface area is 124 Å². The molecule has 2 aromatic heterocycles. The van der Waals surface area contributed by atoms with Crippen LogP contribution in [0.15, 0.2) is 30.3 Å². The van der Waals surface area contributed by atoms with E-state index >= 15 is 0 Å². The van der Waals surface area contributed by atoms with Crippen molar-refractivity contribution in [3.63, 3.8) is 0 Å². The molecule has 5 heteroatoms. The van der Waals surface area contributed by atoms with Gasteiger partial charge < -0.3 is 10.2 Å². The quantitative estimate of drug-likeness (QED) is 0.731. The molecular formula is C16H21N5. The highest BCUT2D eigenvalue weighted by molar-refractivity contribution is 5.81. The van der Waals surface area contributed by atoms with E-state index < -0.39 is 0 Å². The highest BCUT2D eigenvalue weighted by Gasteiger charge is 2.09. The summed E-state index contributed by atoms with van der Waals surface area (Å²) in [4.78, 5) is 11.3. The number of rotatable bonds is 5. The number of nitrogens with one attached hydrogen (secondary N) is 1. The fraction of sp³-hybridized carbons (Fsp3) is 0.375. The van der Waals surface area contributed by atoms with E-state index in [1.807, 2.05) is 25.1 Å². The second-order valence-electron chi connectivity index (χ2n) is 5.60. The molecule has 21 heavy (non-hydrogen) atoms. The van der Waals surface area contributed by atoms with Crippen molar-refractivity contribution in [1.29, 1.82) is 0 Å². The number of benzene rings is 1. The van der Waals surface area contributed by atoms with Crippen LogP contribution in [-0.2, 0) is 0 Å². The Kier molecular flexibility index (Phi) is 3.75. The topological polar surface area (TPSA) is 45.5 Å². The SMILES string of the molecule is Cc1cc(NCCCN(C)C)n2c(n1)nc1ccccc12.